The Balaban J connectivity index is 1.18. The molecule has 1 saturated heterocycles. The smallest absolute Gasteiger partial charge is 0.243 e. The molecule has 200 valence electrons. The van der Waals surface area contributed by atoms with Gasteiger partial charge in [-0.2, -0.15) is 0 Å². The van der Waals surface area contributed by atoms with Crippen LogP contribution >= 0.6 is 11.3 Å². The van der Waals surface area contributed by atoms with Crippen LogP contribution in [0.25, 0.3) is 10.4 Å². The van der Waals surface area contributed by atoms with Gasteiger partial charge in [0.25, 0.3) is 0 Å². The summed E-state index contributed by atoms with van der Waals surface area (Å²) in [6.45, 7) is 9.55. The average molecular weight is 523 g/mol. The maximum absolute atomic E-state index is 13.8. The summed E-state index contributed by atoms with van der Waals surface area (Å²) in [5.41, 5.74) is 4.90. The largest absolute Gasteiger partial charge is 0.350 e. The van der Waals surface area contributed by atoms with Crippen molar-refractivity contribution in [3.63, 3.8) is 0 Å². The fraction of sp³-hybridized carbons (Fsp3) is 0.633. The molecule has 2 N–H and O–H groups in total. The Morgan fingerprint density at radius 1 is 1.11 bits per heavy atom. The first-order valence-electron chi connectivity index (χ1n) is 14.1. The fourth-order valence-electron chi connectivity index (χ4n) is 6.35. The number of rotatable bonds is 8. The number of aryl methyl sites for hydroxylation is 1. The number of likely N-dealkylation sites (tertiary alicyclic amines) is 1. The van der Waals surface area contributed by atoms with Crippen molar-refractivity contribution in [1.29, 1.82) is 0 Å². The molecule has 2 amide bonds. The summed E-state index contributed by atoms with van der Waals surface area (Å²) < 4.78 is 0. The lowest BCUT2D eigenvalue weighted by Gasteiger charge is -2.36. The molecule has 5 rings (SSSR count). The van der Waals surface area contributed by atoms with Gasteiger partial charge in [-0.15, -0.1) is 11.3 Å². The van der Waals surface area contributed by atoms with Gasteiger partial charge in [0.05, 0.1) is 22.1 Å². The molecule has 2 saturated carbocycles. The molecule has 1 aromatic heterocycles. The van der Waals surface area contributed by atoms with Gasteiger partial charge in [-0.1, -0.05) is 70.7 Å². The first-order valence-corrected chi connectivity index (χ1v) is 14.9. The molecule has 0 radical (unpaired) electrons. The van der Waals surface area contributed by atoms with Gasteiger partial charge in [0.1, 0.15) is 6.04 Å². The molecule has 37 heavy (non-hydrogen) atoms. The van der Waals surface area contributed by atoms with E-state index in [4.69, 9.17) is 0 Å². The van der Waals surface area contributed by atoms with Crippen molar-refractivity contribution in [3.8, 4) is 10.4 Å². The normalized spacial score (nSPS) is 24.9. The third-order valence-electron chi connectivity index (χ3n) is 8.61. The Morgan fingerprint density at radius 2 is 1.84 bits per heavy atom. The van der Waals surface area contributed by atoms with Gasteiger partial charge in [-0.05, 0) is 54.6 Å². The first kappa shape index (κ1) is 26.4. The zero-order valence-corrected chi connectivity index (χ0v) is 23.6. The van der Waals surface area contributed by atoms with Crippen molar-refractivity contribution < 1.29 is 9.59 Å². The van der Waals surface area contributed by atoms with Crippen LogP contribution in [0.4, 0.5) is 0 Å². The second-order valence-electron chi connectivity index (χ2n) is 12.4. The Bertz CT molecular complexity index is 1100. The van der Waals surface area contributed by atoms with E-state index in [2.05, 4.69) is 60.7 Å². The van der Waals surface area contributed by atoms with Crippen LogP contribution in [0.1, 0.15) is 77.0 Å². The lowest BCUT2D eigenvalue weighted by molar-refractivity contribution is -0.142. The minimum atomic E-state index is -0.386. The first-order chi connectivity index (χ1) is 17.7. The van der Waals surface area contributed by atoms with Crippen molar-refractivity contribution in [2.24, 2.45) is 17.3 Å². The van der Waals surface area contributed by atoms with E-state index in [1.165, 1.54) is 37.0 Å². The van der Waals surface area contributed by atoms with Crippen LogP contribution < -0.4 is 10.6 Å². The Morgan fingerprint density at radius 3 is 2.49 bits per heavy atom. The molecule has 1 aliphatic heterocycles. The summed E-state index contributed by atoms with van der Waals surface area (Å²) in [7, 11) is 0. The number of carbonyl (C=O) groups is 2. The molecule has 3 aliphatic rings. The molecule has 1 aromatic carbocycles. The quantitative estimate of drug-likeness (QED) is 0.493. The monoisotopic (exact) mass is 522 g/mol. The number of aromatic nitrogens is 1. The molecule has 7 heteroatoms. The maximum Gasteiger partial charge on any atom is 0.243 e. The molecule has 0 bridgehead atoms. The standard InChI is InChI=1S/C30H42N4O2S/c1-19-26(37-18-32-19)22-13-11-20(12-14-22)17-31-28(35)25-10-7-15-34(25)29(36)27(30(2,3)4)33-24-16-23(24)21-8-5-6-9-21/h11-14,18,21,23-25,27,33H,5-10,15-17H2,1-4H3,(H,31,35)/t23?,24?,25-,27?/m0/s1. The van der Waals surface area contributed by atoms with Gasteiger partial charge in [0, 0.05) is 19.1 Å². The van der Waals surface area contributed by atoms with E-state index in [0.717, 1.165) is 41.5 Å². The van der Waals surface area contributed by atoms with Crippen LogP contribution in [0.2, 0.25) is 0 Å². The van der Waals surface area contributed by atoms with E-state index in [0.29, 0.717) is 19.1 Å². The predicted molar refractivity (Wildman–Crippen MR) is 149 cm³/mol. The number of carbonyl (C=O) groups excluding carboxylic acids is 2. The van der Waals surface area contributed by atoms with Gasteiger partial charge in [0.2, 0.25) is 11.8 Å². The van der Waals surface area contributed by atoms with Crippen LogP contribution in [0.5, 0.6) is 0 Å². The Kier molecular flexibility index (Phi) is 7.73. The van der Waals surface area contributed by atoms with E-state index < -0.39 is 0 Å². The number of hydrogen-bond acceptors (Lipinski definition) is 5. The number of nitrogens with zero attached hydrogens (tertiary/aromatic N) is 2. The SMILES string of the molecule is Cc1ncsc1-c1ccc(CNC(=O)[C@@H]2CCCN2C(=O)C(NC2CC2C2CCCC2)C(C)(C)C)cc1. The summed E-state index contributed by atoms with van der Waals surface area (Å²) >= 11 is 1.64. The average Bonchev–Trinajstić information content (AvgIpc) is 3.30. The topological polar surface area (TPSA) is 74.3 Å². The van der Waals surface area contributed by atoms with Crippen molar-refractivity contribution in [1.82, 2.24) is 20.5 Å². The Hall–Kier alpha value is -2.25. The zero-order valence-electron chi connectivity index (χ0n) is 22.8. The van der Waals surface area contributed by atoms with Crippen LogP contribution in [-0.2, 0) is 16.1 Å². The Labute approximate surface area is 225 Å². The third-order valence-corrected chi connectivity index (χ3v) is 9.58. The highest BCUT2D eigenvalue weighted by molar-refractivity contribution is 7.13. The van der Waals surface area contributed by atoms with Crippen LogP contribution in [0, 0.1) is 24.2 Å². The number of thiazole rings is 1. The zero-order chi connectivity index (χ0) is 26.2. The predicted octanol–water partition coefficient (Wildman–Crippen LogP) is 5.31. The van der Waals surface area contributed by atoms with Gasteiger partial charge in [0.15, 0.2) is 0 Å². The van der Waals surface area contributed by atoms with Gasteiger partial charge in [-0.25, -0.2) is 4.98 Å². The maximum atomic E-state index is 13.8. The van der Waals surface area contributed by atoms with Crippen LogP contribution in [0.15, 0.2) is 29.8 Å². The lowest BCUT2D eigenvalue weighted by Crippen LogP contribution is -2.57. The number of nitrogens with one attached hydrogen (secondary N) is 2. The number of amides is 2. The molecular formula is C30H42N4O2S. The molecule has 6 nitrogen and oxygen atoms in total. The molecule has 0 spiro atoms. The highest BCUT2D eigenvalue weighted by Gasteiger charge is 2.48. The minimum Gasteiger partial charge on any atom is -0.350 e. The van der Waals surface area contributed by atoms with E-state index in [1.54, 1.807) is 11.3 Å². The molecule has 2 heterocycles. The molecule has 2 aliphatic carbocycles. The van der Waals surface area contributed by atoms with Crippen LogP contribution in [-0.4, -0.2) is 46.4 Å². The summed E-state index contributed by atoms with van der Waals surface area (Å²) in [6.07, 6.45) is 8.20. The van der Waals surface area contributed by atoms with Gasteiger partial charge >= 0.3 is 0 Å². The highest BCUT2D eigenvalue weighted by atomic mass is 32.1. The van der Waals surface area contributed by atoms with Crippen molar-refractivity contribution in [2.45, 2.75) is 97.3 Å². The lowest BCUT2D eigenvalue weighted by atomic mass is 9.85. The van der Waals surface area contributed by atoms with Crippen molar-refractivity contribution in [3.05, 3.63) is 41.0 Å². The molecule has 2 aromatic rings. The fourth-order valence-corrected chi connectivity index (χ4v) is 7.16. The van der Waals surface area contributed by atoms with Gasteiger partial charge < -0.3 is 15.5 Å². The number of benzene rings is 1. The van der Waals surface area contributed by atoms with E-state index >= 15 is 0 Å². The van der Waals surface area contributed by atoms with E-state index in [1.807, 2.05) is 17.3 Å². The highest BCUT2D eigenvalue weighted by Crippen LogP contribution is 2.46. The summed E-state index contributed by atoms with van der Waals surface area (Å²) in [5.74, 6) is 1.60. The molecule has 3 fully saturated rings. The van der Waals surface area contributed by atoms with Crippen LogP contribution in [0.3, 0.4) is 0 Å². The number of hydrogen-bond donors (Lipinski definition) is 2. The van der Waals surface area contributed by atoms with E-state index in [9.17, 15) is 9.59 Å². The molecule has 3 unspecified atom stereocenters. The second kappa shape index (κ2) is 10.9. The van der Waals surface area contributed by atoms with E-state index in [-0.39, 0.29) is 29.3 Å². The summed E-state index contributed by atoms with van der Waals surface area (Å²) in [4.78, 5) is 34.4. The second-order valence-corrected chi connectivity index (χ2v) is 13.2. The summed E-state index contributed by atoms with van der Waals surface area (Å²) in [5, 5.41) is 6.85. The third kappa shape index (κ3) is 5.93. The minimum absolute atomic E-state index is 0.0452. The van der Waals surface area contributed by atoms with Crippen molar-refractivity contribution in [2.75, 3.05) is 6.54 Å². The van der Waals surface area contributed by atoms with Gasteiger partial charge in [-0.3, -0.25) is 9.59 Å². The molecular weight excluding hydrogens is 480 g/mol. The molecule has 4 atom stereocenters. The summed E-state index contributed by atoms with van der Waals surface area (Å²) in [6, 6.07) is 8.09. The van der Waals surface area contributed by atoms with Crippen molar-refractivity contribution >= 4 is 23.2 Å².